The maximum atomic E-state index is 2.46. The molecule has 2 heteroatoms. The zero-order valence-electron chi connectivity index (χ0n) is 26.2. The highest BCUT2D eigenvalue weighted by Crippen LogP contribution is 2.41. The topological polar surface area (TPSA) is 0 Å². The molecule has 2 heterocycles. The molecular weight excluding hydrogens is 617 g/mol. The van der Waals surface area contributed by atoms with Crippen LogP contribution in [-0.4, -0.2) is 0 Å². The average Bonchev–Trinajstić information content (AvgIpc) is 3.67. The smallest absolute Gasteiger partial charge is 0.0361 e. The summed E-state index contributed by atoms with van der Waals surface area (Å²) in [5.41, 5.74) is 5.08. The van der Waals surface area contributed by atoms with Crippen LogP contribution >= 0.6 is 22.7 Å². The molecule has 9 aromatic rings. The minimum atomic E-state index is 1.04. The van der Waals surface area contributed by atoms with Crippen molar-refractivity contribution in [2.24, 2.45) is 0 Å². The van der Waals surface area contributed by atoms with Gasteiger partial charge in [-0.25, -0.2) is 0 Å². The maximum absolute atomic E-state index is 2.46. The lowest BCUT2D eigenvalue weighted by Crippen LogP contribution is -2.29. The molecule has 0 nitrogen and oxygen atoms in total. The molecule has 0 aliphatic heterocycles. The normalized spacial score (nSPS) is 12.8. The van der Waals surface area contributed by atoms with Crippen molar-refractivity contribution in [2.75, 3.05) is 0 Å². The van der Waals surface area contributed by atoms with E-state index in [0.29, 0.717) is 0 Å². The van der Waals surface area contributed by atoms with E-state index in [1.807, 2.05) is 22.7 Å². The Morgan fingerprint density at radius 3 is 1.69 bits per heavy atom. The van der Waals surface area contributed by atoms with Gasteiger partial charge in [0.2, 0.25) is 0 Å². The first-order valence-corrected chi connectivity index (χ1v) is 18.3. The second kappa shape index (κ2) is 11.2. The first-order chi connectivity index (χ1) is 23.8. The van der Waals surface area contributed by atoms with Gasteiger partial charge in [0.1, 0.15) is 0 Å². The Balaban J connectivity index is 1.22. The molecule has 226 valence electrons. The minimum Gasteiger partial charge on any atom is -0.135 e. The molecule has 0 fully saturated rings. The Morgan fingerprint density at radius 1 is 0.333 bits per heavy atom. The second-order valence-electron chi connectivity index (χ2n) is 12.7. The lowest BCUT2D eigenvalue weighted by molar-refractivity contribution is 1.12. The van der Waals surface area contributed by atoms with Gasteiger partial charge in [0.15, 0.2) is 0 Å². The highest BCUT2D eigenvalue weighted by Gasteiger charge is 2.13. The van der Waals surface area contributed by atoms with Gasteiger partial charge < -0.3 is 0 Å². The van der Waals surface area contributed by atoms with Gasteiger partial charge in [-0.05, 0) is 110 Å². The lowest BCUT2D eigenvalue weighted by Gasteiger charge is -2.11. The molecule has 1 aliphatic carbocycles. The highest BCUT2D eigenvalue weighted by atomic mass is 32.1. The summed E-state index contributed by atoms with van der Waals surface area (Å²) in [7, 11) is 0. The summed E-state index contributed by atoms with van der Waals surface area (Å²) in [6, 6.07) is 54.2. The summed E-state index contributed by atoms with van der Waals surface area (Å²) in [4.78, 5) is 0. The summed E-state index contributed by atoms with van der Waals surface area (Å²) in [6.45, 7) is 0. The van der Waals surface area contributed by atoms with Crippen LogP contribution in [0.1, 0.15) is 12.8 Å². The van der Waals surface area contributed by atoms with E-state index in [0.717, 1.165) is 12.8 Å². The van der Waals surface area contributed by atoms with E-state index in [4.69, 9.17) is 0 Å². The third-order valence-electron chi connectivity index (χ3n) is 9.91. The molecule has 1 aliphatic rings. The molecule has 0 bridgehead atoms. The predicted octanol–water partition coefficient (Wildman–Crippen LogP) is 12.5. The van der Waals surface area contributed by atoms with Crippen molar-refractivity contribution >= 4 is 96.7 Å². The molecule has 0 spiro atoms. The van der Waals surface area contributed by atoms with Crippen molar-refractivity contribution in [1.29, 1.82) is 0 Å². The van der Waals surface area contributed by atoms with Crippen LogP contribution in [0.5, 0.6) is 0 Å². The fraction of sp³-hybridized carbons (Fsp3) is 0.0435. The first-order valence-electron chi connectivity index (χ1n) is 16.7. The molecule has 0 N–H and O–H groups in total. The number of rotatable bonds is 2. The van der Waals surface area contributed by atoms with Gasteiger partial charge in [-0.15, -0.1) is 22.7 Å². The van der Waals surface area contributed by atoms with E-state index in [1.54, 1.807) is 0 Å². The van der Waals surface area contributed by atoms with Crippen LogP contribution in [0.3, 0.4) is 0 Å². The first kappa shape index (κ1) is 27.8. The van der Waals surface area contributed by atoms with Crippen LogP contribution in [-0.2, 0) is 0 Å². The number of benzene rings is 6. The second-order valence-corrected chi connectivity index (χ2v) is 14.9. The summed E-state index contributed by atoms with van der Waals surface area (Å²) in [5.74, 6) is 0. The SMILES string of the molecule is C1=c2c(-c3ccc4sc5cc6cc7c(cc6cc5c4c3)sc3ccccc37)ccccccc(-c3cccc4ccccc34)c2=CCC1. The molecule has 0 saturated carbocycles. The Hall–Kier alpha value is -5.28. The summed E-state index contributed by atoms with van der Waals surface area (Å²) >= 11 is 3.80. The molecule has 0 atom stereocenters. The van der Waals surface area contributed by atoms with E-state index in [1.165, 1.54) is 94.6 Å². The molecule has 10 rings (SSSR count). The van der Waals surface area contributed by atoms with Crippen molar-refractivity contribution in [2.45, 2.75) is 12.8 Å². The van der Waals surface area contributed by atoms with Crippen molar-refractivity contribution < 1.29 is 0 Å². The number of thiophene rings is 2. The van der Waals surface area contributed by atoms with Crippen molar-refractivity contribution in [3.63, 3.8) is 0 Å². The molecular formula is C46H30S2. The highest BCUT2D eigenvalue weighted by molar-refractivity contribution is 7.26. The monoisotopic (exact) mass is 646 g/mol. The quantitative estimate of drug-likeness (QED) is 0.175. The van der Waals surface area contributed by atoms with Gasteiger partial charge in [-0.3, -0.25) is 0 Å². The fourth-order valence-electron chi connectivity index (χ4n) is 7.65. The summed E-state index contributed by atoms with van der Waals surface area (Å²) in [5, 5.41) is 13.2. The Labute approximate surface area is 286 Å². The van der Waals surface area contributed by atoms with Gasteiger partial charge in [-0.2, -0.15) is 0 Å². The van der Waals surface area contributed by atoms with Crippen LogP contribution < -0.4 is 10.4 Å². The number of hydrogen-bond acceptors (Lipinski definition) is 2. The van der Waals surface area contributed by atoms with E-state index in [2.05, 4.69) is 158 Å². The molecule has 48 heavy (non-hydrogen) atoms. The van der Waals surface area contributed by atoms with Crippen LogP contribution in [0.4, 0.5) is 0 Å². The van der Waals surface area contributed by atoms with Crippen molar-refractivity contribution in [1.82, 2.24) is 0 Å². The third-order valence-corrected chi connectivity index (χ3v) is 12.2. The van der Waals surface area contributed by atoms with Crippen molar-refractivity contribution in [3.05, 3.63) is 156 Å². The van der Waals surface area contributed by atoms with Gasteiger partial charge in [-0.1, -0.05) is 115 Å². The van der Waals surface area contributed by atoms with E-state index in [9.17, 15) is 0 Å². The molecule has 7 aromatic carbocycles. The van der Waals surface area contributed by atoms with Crippen LogP contribution in [0.2, 0.25) is 0 Å². The number of fused-ring (bicyclic) bond motifs is 9. The maximum Gasteiger partial charge on any atom is 0.0361 e. The van der Waals surface area contributed by atoms with Crippen molar-refractivity contribution in [3.8, 4) is 22.3 Å². The van der Waals surface area contributed by atoms with E-state index >= 15 is 0 Å². The average molecular weight is 647 g/mol. The van der Waals surface area contributed by atoms with Crippen LogP contribution in [0.15, 0.2) is 146 Å². The number of hydrogen-bond donors (Lipinski definition) is 0. The Morgan fingerprint density at radius 2 is 0.896 bits per heavy atom. The van der Waals surface area contributed by atoms with E-state index in [-0.39, 0.29) is 0 Å². The zero-order chi connectivity index (χ0) is 31.6. The summed E-state index contributed by atoms with van der Waals surface area (Å²) < 4.78 is 5.39. The van der Waals surface area contributed by atoms with E-state index < -0.39 is 0 Å². The Kier molecular flexibility index (Phi) is 6.46. The molecule has 0 saturated heterocycles. The fourth-order valence-corrected chi connectivity index (χ4v) is 9.91. The molecule has 0 amide bonds. The zero-order valence-corrected chi connectivity index (χ0v) is 27.9. The summed E-state index contributed by atoms with van der Waals surface area (Å²) in [6.07, 6.45) is 7.00. The standard InChI is InChI=1S/C46H30S2/c1-2-4-16-37(36-20-11-13-29-12-5-6-15-33(29)36)38-18-8-7-17-35(38)34(14-3-1)30-22-23-44-41(24-30)42-26-32-27-45-40(25-31(32)28-46(42)48-44)39-19-9-10-21-43(39)47-45/h1-6,9-28H,7-8H2. The third kappa shape index (κ3) is 4.48. The largest absolute Gasteiger partial charge is 0.135 e. The molecule has 0 radical (unpaired) electrons. The molecule has 0 unspecified atom stereocenters. The van der Waals surface area contributed by atoms with Gasteiger partial charge in [0.25, 0.3) is 0 Å². The van der Waals surface area contributed by atoms with Gasteiger partial charge in [0.05, 0.1) is 0 Å². The minimum absolute atomic E-state index is 1.04. The Bertz CT molecular complexity index is 2950. The van der Waals surface area contributed by atoms with Gasteiger partial charge in [0, 0.05) is 40.3 Å². The van der Waals surface area contributed by atoms with Crippen LogP contribution in [0.25, 0.3) is 96.3 Å². The lowest BCUT2D eigenvalue weighted by atomic mass is 9.92. The predicted molar refractivity (Wildman–Crippen MR) is 213 cm³/mol. The van der Waals surface area contributed by atoms with Crippen LogP contribution in [0, 0.1) is 0 Å². The van der Waals surface area contributed by atoms with Gasteiger partial charge >= 0.3 is 0 Å². The molecule has 2 aromatic heterocycles.